The van der Waals surface area contributed by atoms with E-state index in [0.717, 1.165) is 21.9 Å². The Balaban J connectivity index is 2.00. The van der Waals surface area contributed by atoms with Crippen molar-refractivity contribution in [3.05, 3.63) is 24.3 Å². The monoisotopic (exact) mass is 276 g/mol. The molecule has 1 unspecified atom stereocenters. The summed E-state index contributed by atoms with van der Waals surface area (Å²) in [6, 6.07) is 7.96. The first-order chi connectivity index (χ1) is 9.20. The fourth-order valence-corrected chi connectivity index (χ4v) is 3.32. The maximum absolute atomic E-state index is 12.2. The van der Waals surface area contributed by atoms with E-state index in [1.54, 1.807) is 21.1 Å². The van der Waals surface area contributed by atoms with Crippen molar-refractivity contribution in [1.29, 1.82) is 0 Å². The number of urea groups is 1. The molecular formula is C13H16N4OS. The summed E-state index contributed by atoms with van der Waals surface area (Å²) in [5.41, 5.74) is 0.945. The summed E-state index contributed by atoms with van der Waals surface area (Å²) in [7, 11) is 1.82. The molecule has 1 aromatic heterocycles. The van der Waals surface area contributed by atoms with E-state index in [0.29, 0.717) is 6.54 Å². The fraction of sp³-hybridized carbons (Fsp3) is 0.385. The standard InChI is InChI=1S/C13H16N4OS/c1-3-14-11-8-16(2)13(18)17(11)12-15-9-6-4-5-7-10(9)19-12/h4-7,11,14H,3,8H2,1-2H3. The smallest absolute Gasteiger partial charge is 0.324 e. The van der Waals surface area contributed by atoms with E-state index in [1.165, 1.54) is 0 Å². The number of fused-ring (bicyclic) bond motifs is 1. The van der Waals surface area contributed by atoms with Gasteiger partial charge in [-0.15, -0.1) is 0 Å². The Hall–Kier alpha value is -1.66. The molecular weight excluding hydrogens is 260 g/mol. The lowest BCUT2D eigenvalue weighted by Gasteiger charge is -2.20. The third-order valence-corrected chi connectivity index (χ3v) is 4.26. The minimum absolute atomic E-state index is 0.00284. The molecule has 0 radical (unpaired) electrons. The Morgan fingerprint density at radius 2 is 2.26 bits per heavy atom. The van der Waals surface area contributed by atoms with Crippen molar-refractivity contribution in [2.45, 2.75) is 13.1 Å². The van der Waals surface area contributed by atoms with Crippen LogP contribution >= 0.6 is 11.3 Å². The van der Waals surface area contributed by atoms with Crippen LogP contribution in [0, 0.1) is 0 Å². The van der Waals surface area contributed by atoms with Crippen LogP contribution in [0.15, 0.2) is 24.3 Å². The van der Waals surface area contributed by atoms with E-state index in [-0.39, 0.29) is 12.2 Å². The molecule has 0 saturated carbocycles. The van der Waals surface area contributed by atoms with Gasteiger partial charge in [-0.05, 0) is 18.7 Å². The molecule has 5 nitrogen and oxygen atoms in total. The quantitative estimate of drug-likeness (QED) is 0.934. The molecule has 1 N–H and O–H groups in total. The summed E-state index contributed by atoms with van der Waals surface area (Å²) >= 11 is 1.56. The van der Waals surface area contributed by atoms with Crippen molar-refractivity contribution >= 4 is 32.7 Å². The van der Waals surface area contributed by atoms with Gasteiger partial charge < -0.3 is 4.90 Å². The second-order valence-corrected chi connectivity index (χ2v) is 5.58. The largest absolute Gasteiger partial charge is 0.327 e. The first-order valence-corrected chi connectivity index (χ1v) is 7.15. The normalized spacial score (nSPS) is 19.7. The van der Waals surface area contributed by atoms with Crippen LogP contribution in [0.1, 0.15) is 6.92 Å². The molecule has 1 aliphatic heterocycles. The van der Waals surface area contributed by atoms with Crippen molar-refractivity contribution in [2.75, 3.05) is 25.0 Å². The summed E-state index contributed by atoms with van der Waals surface area (Å²) in [6.07, 6.45) is 0.00284. The minimum atomic E-state index is 0.00284. The van der Waals surface area contributed by atoms with Gasteiger partial charge in [0, 0.05) is 7.05 Å². The average molecular weight is 276 g/mol. The predicted molar refractivity (Wildman–Crippen MR) is 77.6 cm³/mol. The highest BCUT2D eigenvalue weighted by Crippen LogP contribution is 2.31. The number of rotatable bonds is 3. The van der Waals surface area contributed by atoms with Crippen LogP contribution in [0.25, 0.3) is 10.2 Å². The van der Waals surface area contributed by atoms with E-state index >= 15 is 0 Å². The highest BCUT2D eigenvalue weighted by atomic mass is 32.1. The molecule has 1 aliphatic rings. The molecule has 100 valence electrons. The fourth-order valence-electron chi connectivity index (χ4n) is 2.31. The highest BCUT2D eigenvalue weighted by Gasteiger charge is 2.37. The molecule has 19 heavy (non-hydrogen) atoms. The molecule has 1 saturated heterocycles. The number of aromatic nitrogens is 1. The lowest BCUT2D eigenvalue weighted by Crippen LogP contribution is -2.44. The van der Waals surface area contributed by atoms with Crippen LogP contribution in [0.2, 0.25) is 0 Å². The number of hydrogen-bond acceptors (Lipinski definition) is 4. The number of anilines is 1. The van der Waals surface area contributed by atoms with Gasteiger partial charge in [0.15, 0.2) is 5.13 Å². The molecule has 0 spiro atoms. The summed E-state index contributed by atoms with van der Waals surface area (Å²) < 4.78 is 1.11. The number of hydrogen-bond donors (Lipinski definition) is 1. The average Bonchev–Trinajstić information content (AvgIpc) is 2.92. The summed E-state index contributed by atoms with van der Waals surface area (Å²) in [6.45, 7) is 3.55. The number of benzene rings is 1. The van der Waals surface area contributed by atoms with Crippen LogP contribution in [0.4, 0.5) is 9.93 Å². The van der Waals surface area contributed by atoms with E-state index in [4.69, 9.17) is 0 Å². The van der Waals surface area contributed by atoms with Crippen LogP contribution in [-0.2, 0) is 0 Å². The van der Waals surface area contributed by atoms with Crippen LogP contribution in [0.5, 0.6) is 0 Å². The number of carbonyl (C=O) groups is 1. The molecule has 0 aliphatic carbocycles. The molecule has 1 aromatic carbocycles. The van der Waals surface area contributed by atoms with Crippen LogP contribution < -0.4 is 10.2 Å². The third kappa shape index (κ3) is 2.06. The summed E-state index contributed by atoms with van der Waals surface area (Å²) in [4.78, 5) is 20.3. The SMILES string of the molecule is CCNC1CN(C)C(=O)N1c1nc2ccccc2s1. The van der Waals surface area contributed by atoms with E-state index in [9.17, 15) is 4.79 Å². The number of carbonyl (C=O) groups excluding carboxylic acids is 1. The molecule has 1 fully saturated rings. The van der Waals surface area contributed by atoms with Gasteiger partial charge in [0.05, 0.1) is 16.8 Å². The molecule has 2 amide bonds. The lowest BCUT2D eigenvalue weighted by molar-refractivity contribution is 0.229. The van der Waals surface area contributed by atoms with E-state index in [1.807, 2.05) is 38.2 Å². The van der Waals surface area contributed by atoms with Crippen LogP contribution in [0.3, 0.4) is 0 Å². The van der Waals surface area contributed by atoms with Crippen molar-refractivity contribution in [3.8, 4) is 0 Å². The Bertz CT molecular complexity index is 578. The molecule has 6 heteroatoms. The van der Waals surface area contributed by atoms with Gasteiger partial charge in [-0.1, -0.05) is 30.4 Å². The lowest BCUT2D eigenvalue weighted by atomic mass is 10.3. The summed E-state index contributed by atoms with van der Waals surface area (Å²) in [5.74, 6) is 0. The molecule has 2 heterocycles. The topological polar surface area (TPSA) is 48.5 Å². The number of thiazole rings is 1. The number of para-hydroxylation sites is 1. The first-order valence-electron chi connectivity index (χ1n) is 6.34. The predicted octanol–water partition coefficient (Wildman–Crippen LogP) is 2.10. The van der Waals surface area contributed by atoms with E-state index < -0.39 is 0 Å². The maximum Gasteiger partial charge on any atom is 0.327 e. The molecule has 0 bridgehead atoms. The van der Waals surface area contributed by atoms with Crippen molar-refractivity contribution < 1.29 is 4.79 Å². The Labute approximate surface area is 115 Å². The number of nitrogens with zero attached hydrogens (tertiary/aromatic N) is 3. The van der Waals surface area contributed by atoms with Gasteiger partial charge in [-0.2, -0.15) is 0 Å². The van der Waals surface area contributed by atoms with Gasteiger partial charge in [0.25, 0.3) is 0 Å². The van der Waals surface area contributed by atoms with Crippen molar-refractivity contribution in [2.24, 2.45) is 0 Å². The Morgan fingerprint density at radius 1 is 1.47 bits per heavy atom. The van der Waals surface area contributed by atoms with Crippen LogP contribution in [-0.4, -0.2) is 42.2 Å². The Kier molecular flexibility index (Phi) is 3.12. The zero-order chi connectivity index (χ0) is 13.4. The zero-order valence-corrected chi connectivity index (χ0v) is 11.8. The first kappa shape index (κ1) is 12.4. The van der Waals surface area contributed by atoms with E-state index in [2.05, 4.69) is 10.3 Å². The molecule has 2 aromatic rings. The van der Waals surface area contributed by atoms with Gasteiger partial charge in [-0.25, -0.2) is 9.78 Å². The van der Waals surface area contributed by atoms with Gasteiger partial charge in [0.1, 0.15) is 6.17 Å². The highest BCUT2D eigenvalue weighted by molar-refractivity contribution is 7.22. The zero-order valence-electron chi connectivity index (χ0n) is 11.0. The van der Waals surface area contributed by atoms with Crippen molar-refractivity contribution in [3.63, 3.8) is 0 Å². The van der Waals surface area contributed by atoms with Gasteiger partial charge >= 0.3 is 6.03 Å². The maximum atomic E-state index is 12.2. The van der Waals surface area contributed by atoms with Gasteiger partial charge in [-0.3, -0.25) is 10.2 Å². The second-order valence-electron chi connectivity index (χ2n) is 4.57. The molecule has 3 rings (SSSR count). The number of nitrogens with one attached hydrogen (secondary N) is 1. The second kappa shape index (κ2) is 4.79. The third-order valence-electron chi connectivity index (χ3n) is 3.22. The van der Waals surface area contributed by atoms with Crippen molar-refractivity contribution in [1.82, 2.24) is 15.2 Å². The van der Waals surface area contributed by atoms with Gasteiger partial charge in [0.2, 0.25) is 0 Å². The summed E-state index contributed by atoms with van der Waals surface area (Å²) in [5, 5.41) is 4.09. The Morgan fingerprint density at radius 3 is 3.00 bits per heavy atom. The number of likely N-dealkylation sites (N-methyl/N-ethyl adjacent to an activating group) is 2. The molecule has 1 atom stereocenters. The minimum Gasteiger partial charge on any atom is -0.324 e. The number of amides is 2.